The van der Waals surface area contributed by atoms with E-state index in [0.29, 0.717) is 21.5 Å². The quantitative estimate of drug-likeness (QED) is 0.365. The van der Waals surface area contributed by atoms with Gasteiger partial charge in [-0.25, -0.2) is 5.43 Å². The average Bonchev–Trinajstić information content (AvgIpc) is 2.60. The van der Waals surface area contributed by atoms with Crippen molar-refractivity contribution in [2.75, 3.05) is 13.7 Å². The van der Waals surface area contributed by atoms with Gasteiger partial charge in [0.15, 0.2) is 18.1 Å². The number of ether oxygens (including phenoxy) is 2. The van der Waals surface area contributed by atoms with Crippen LogP contribution in [-0.4, -0.2) is 30.8 Å². The van der Waals surface area contributed by atoms with Crippen LogP contribution in [0.2, 0.25) is 0 Å². The lowest BCUT2D eigenvalue weighted by Gasteiger charge is -2.12. The first-order valence-corrected chi connectivity index (χ1v) is 8.71. The number of benzene rings is 2. The molecule has 0 saturated carbocycles. The second-order valence-electron chi connectivity index (χ2n) is 4.85. The number of nitrogens with one attached hydrogen (secondary N) is 1. The molecule has 136 valence electrons. The molecule has 0 saturated heterocycles. The molecule has 0 fully saturated rings. The highest BCUT2D eigenvalue weighted by atomic mass is 79.9. The summed E-state index contributed by atoms with van der Waals surface area (Å²) in [5.74, 6) is 0.344. The molecule has 1 N–H and O–H groups in total. The van der Waals surface area contributed by atoms with Gasteiger partial charge in [0.1, 0.15) is 0 Å². The number of methoxy groups -OCH3 is 1. The molecule has 0 aliphatic carbocycles. The number of hydrazone groups is 1. The number of nitro groups is 1. The van der Waals surface area contributed by atoms with Crippen molar-refractivity contribution in [2.45, 2.75) is 0 Å². The zero-order valence-electron chi connectivity index (χ0n) is 13.4. The number of halogens is 2. The second kappa shape index (κ2) is 9.30. The van der Waals surface area contributed by atoms with Gasteiger partial charge in [-0.2, -0.15) is 5.10 Å². The topological polar surface area (TPSA) is 103 Å². The zero-order valence-corrected chi connectivity index (χ0v) is 16.6. The van der Waals surface area contributed by atoms with E-state index in [1.165, 1.54) is 31.5 Å². The summed E-state index contributed by atoms with van der Waals surface area (Å²) in [6.07, 6.45) is 1.31. The van der Waals surface area contributed by atoms with E-state index in [4.69, 9.17) is 9.47 Å². The molecular weight excluding hydrogens is 474 g/mol. The van der Waals surface area contributed by atoms with E-state index in [1.54, 1.807) is 18.2 Å². The van der Waals surface area contributed by atoms with Gasteiger partial charge in [0.2, 0.25) is 0 Å². The van der Waals surface area contributed by atoms with Crippen LogP contribution in [0, 0.1) is 10.1 Å². The van der Waals surface area contributed by atoms with Crippen LogP contribution in [0.25, 0.3) is 0 Å². The summed E-state index contributed by atoms with van der Waals surface area (Å²) in [6, 6.07) is 9.34. The van der Waals surface area contributed by atoms with Crippen molar-refractivity contribution in [3.63, 3.8) is 0 Å². The molecular formula is C16H13Br2N3O5. The Morgan fingerprint density at radius 3 is 2.81 bits per heavy atom. The first kappa shape index (κ1) is 19.9. The summed E-state index contributed by atoms with van der Waals surface area (Å²) >= 11 is 6.67. The fourth-order valence-corrected chi connectivity index (χ4v) is 3.20. The molecule has 0 aliphatic heterocycles. The highest BCUT2D eigenvalue weighted by molar-refractivity contribution is 9.11. The van der Waals surface area contributed by atoms with Crippen LogP contribution in [-0.2, 0) is 4.79 Å². The van der Waals surface area contributed by atoms with E-state index in [2.05, 4.69) is 42.4 Å². The minimum atomic E-state index is -0.507. The van der Waals surface area contributed by atoms with E-state index in [1.807, 2.05) is 0 Å². The third kappa shape index (κ3) is 5.53. The van der Waals surface area contributed by atoms with Crippen molar-refractivity contribution in [3.8, 4) is 11.5 Å². The van der Waals surface area contributed by atoms with Gasteiger partial charge in [0.05, 0.1) is 22.7 Å². The lowest BCUT2D eigenvalue weighted by Crippen LogP contribution is -2.24. The van der Waals surface area contributed by atoms with Crippen LogP contribution in [0.1, 0.15) is 5.56 Å². The lowest BCUT2D eigenvalue weighted by molar-refractivity contribution is -0.384. The van der Waals surface area contributed by atoms with Gasteiger partial charge in [-0.1, -0.05) is 28.1 Å². The number of carbonyl (C=O) groups is 1. The summed E-state index contributed by atoms with van der Waals surface area (Å²) in [5.41, 5.74) is 2.71. The first-order valence-electron chi connectivity index (χ1n) is 7.13. The molecule has 0 radical (unpaired) electrons. The molecule has 0 atom stereocenters. The minimum Gasteiger partial charge on any atom is -0.493 e. The molecule has 2 aromatic rings. The molecule has 26 heavy (non-hydrogen) atoms. The number of hydrogen-bond acceptors (Lipinski definition) is 6. The van der Waals surface area contributed by atoms with E-state index in [0.717, 1.165) is 4.47 Å². The third-order valence-electron chi connectivity index (χ3n) is 3.03. The van der Waals surface area contributed by atoms with Gasteiger partial charge in [0.25, 0.3) is 11.6 Å². The van der Waals surface area contributed by atoms with Gasteiger partial charge in [-0.3, -0.25) is 14.9 Å². The molecule has 0 unspecified atom stereocenters. The van der Waals surface area contributed by atoms with Crippen LogP contribution in [0.3, 0.4) is 0 Å². The average molecular weight is 487 g/mol. The zero-order chi connectivity index (χ0) is 19.1. The van der Waals surface area contributed by atoms with Crippen molar-refractivity contribution in [1.82, 2.24) is 5.43 Å². The maximum Gasteiger partial charge on any atom is 0.277 e. The van der Waals surface area contributed by atoms with Gasteiger partial charge in [-0.15, -0.1) is 0 Å². The maximum atomic E-state index is 11.8. The molecule has 2 aromatic carbocycles. The molecule has 0 heterocycles. The van der Waals surface area contributed by atoms with Crippen molar-refractivity contribution >= 4 is 49.7 Å². The second-order valence-corrected chi connectivity index (χ2v) is 6.62. The minimum absolute atomic E-state index is 0.0595. The Morgan fingerprint density at radius 2 is 2.12 bits per heavy atom. The Hall–Kier alpha value is -2.46. The molecule has 1 amide bonds. The molecule has 0 aromatic heterocycles. The van der Waals surface area contributed by atoms with Crippen LogP contribution < -0.4 is 14.9 Å². The van der Waals surface area contributed by atoms with Gasteiger partial charge >= 0.3 is 0 Å². The van der Waals surface area contributed by atoms with Crippen LogP contribution in [0.15, 0.2) is 50.4 Å². The molecule has 0 bridgehead atoms. The fourth-order valence-electron chi connectivity index (χ4n) is 1.90. The summed E-state index contributed by atoms with van der Waals surface area (Å²) in [5, 5.41) is 14.5. The highest BCUT2D eigenvalue weighted by Crippen LogP contribution is 2.38. The number of rotatable bonds is 7. The Bertz CT molecular complexity index is 858. The van der Waals surface area contributed by atoms with Crippen molar-refractivity contribution in [3.05, 3.63) is 61.0 Å². The normalized spacial score (nSPS) is 10.6. The van der Waals surface area contributed by atoms with Gasteiger partial charge < -0.3 is 9.47 Å². The van der Waals surface area contributed by atoms with E-state index >= 15 is 0 Å². The highest BCUT2D eigenvalue weighted by Gasteiger charge is 2.12. The van der Waals surface area contributed by atoms with Crippen molar-refractivity contribution in [2.24, 2.45) is 5.10 Å². The molecule has 0 spiro atoms. The SMILES string of the molecule is COc1cc(Br)cc(Br)c1OCC(=O)NN=Cc1cccc([N+](=O)[O-])c1. The number of non-ortho nitro benzene ring substituents is 1. The number of nitrogens with zero attached hydrogens (tertiary/aromatic N) is 2. The van der Waals surface area contributed by atoms with Crippen molar-refractivity contribution < 1.29 is 19.2 Å². The fraction of sp³-hybridized carbons (Fsp3) is 0.125. The number of hydrogen-bond donors (Lipinski definition) is 1. The summed E-state index contributed by atoms with van der Waals surface area (Å²) in [7, 11) is 1.49. The largest absolute Gasteiger partial charge is 0.493 e. The van der Waals surface area contributed by atoms with E-state index < -0.39 is 10.8 Å². The predicted molar refractivity (Wildman–Crippen MR) is 103 cm³/mol. The Morgan fingerprint density at radius 1 is 1.35 bits per heavy atom. The molecule has 2 rings (SSSR count). The Kier molecular flexibility index (Phi) is 7.10. The molecule has 10 heteroatoms. The Balaban J connectivity index is 1.94. The standard InChI is InChI=1S/C16H13Br2N3O5/c1-25-14-7-11(17)6-13(18)16(14)26-9-15(22)20-19-8-10-3-2-4-12(5-10)21(23)24/h2-8H,9H2,1H3,(H,20,22). The molecule has 8 nitrogen and oxygen atoms in total. The number of carbonyl (C=O) groups excluding carboxylic acids is 1. The van der Waals surface area contributed by atoms with Crippen LogP contribution >= 0.6 is 31.9 Å². The molecule has 0 aliphatic rings. The van der Waals surface area contributed by atoms with Crippen LogP contribution in [0.5, 0.6) is 11.5 Å². The lowest BCUT2D eigenvalue weighted by atomic mass is 10.2. The summed E-state index contributed by atoms with van der Waals surface area (Å²) in [6.45, 7) is -0.289. The third-order valence-corrected chi connectivity index (χ3v) is 4.07. The van der Waals surface area contributed by atoms with Crippen LogP contribution in [0.4, 0.5) is 5.69 Å². The Labute approximate surface area is 165 Å². The number of nitro benzene ring substituents is 1. The first-order chi connectivity index (χ1) is 12.4. The monoisotopic (exact) mass is 485 g/mol. The predicted octanol–water partition coefficient (Wildman–Crippen LogP) is 3.66. The smallest absolute Gasteiger partial charge is 0.277 e. The maximum absolute atomic E-state index is 11.8. The summed E-state index contributed by atoms with van der Waals surface area (Å²) in [4.78, 5) is 22.0. The van der Waals surface area contributed by atoms with Crippen molar-refractivity contribution in [1.29, 1.82) is 0 Å². The van der Waals surface area contributed by atoms with E-state index in [-0.39, 0.29) is 12.3 Å². The summed E-state index contributed by atoms with van der Waals surface area (Å²) < 4.78 is 12.1. The van der Waals surface area contributed by atoms with Gasteiger partial charge in [-0.05, 0) is 28.1 Å². The van der Waals surface area contributed by atoms with E-state index in [9.17, 15) is 14.9 Å². The number of amides is 1. The van der Waals surface area contributed by atoms with Gasteiger partial charge in [0, 0.05) is 22.2 Å².